The molecular weight excluding hydrogens is 414 g/mol. The smallest absolute Gasteiger partial charge is 0.339 e. The third-order valence-electron chi connectivity index (χ3n) is 5.06. The van der Waals surface area contributed by atoms with Gasteiger partial charge in [0, 0.05) is 30.0 Å². The molecule has 3 rings (SSSR count). The molecule has 8 heteroatoms. The fourth-order valence-electron chi connectivity index (χ4n) is 3.27. The molecule has 0 unspecified atom stereocenters. The molecule has 8 nitrogen and oxygen atoms in total. The molecule has 0 fully saturated rings. The van der Waals surface area contributed by atoms with Crippen molar-refractivity contribution in [2.75, 3.05) is 20.8 Å². The van der Waals surface area contributed by atoms with Crippen molar-refractivity contribution < 1.29 is 28.2 Å². The summed E-state index contributed by atoms with van der Waals surface area (Å²) in [6.45, 7) is 1.70. The number of esters is 1. The molecule has 0 spiro atoms. The van der Waals surface area contributed by atoms with Gasteiger partial charge in [0.2, 0.25) is 0 Å². The van der Waals surface area contributed by atoms with Crippen LogP contribution in [0.15, 0.2) is 51.7 Å². The van der Waals surface area contributed by atoms with E-state index in [4.69, 9.17) is 18.6 Å². The highest BCUT2D eigenvalue weighted by Gasteiger charge is 2.15. The van der Waals surface area contributed by atoms with Crippen molar-refractivity contribution in [1.29, 1.82) is 0 Å². The quantitative estimate of drug-likeness (QED) is 0.404. The zero-order valence-corrected chi connectivity index (χ0v) is 18.2. The first-order chi connectivity index (χ1) is 15.4. The van der Waals surface area contributed by atoms with Crippen molar-refractivity contribution in [2.45, 2.75) is 26.3 Å². The molecule has 0 saturated carbocycles. The van der Waals surface area contributed by atoms with Gasteiger partial charge < -0.3 is 23.9 Å². The van der Waals surface area contributed by atoms with E-state index in [1.165, 1.54) is 7.11 Å². The molecule has 32 heavy (non-hydrogen) atoms. The molecule has 168 valence electrons. The third kappa shape index (κ3) is 5.66. The number of rotatable bonds is 9. The van der Waals surface area contributed by atoms with E-state index in [1.54, 1.807) is 38.3 Å². The predicted molar refractivity (Wildman–Crippen MR) is 118 cm³/mol. The molecular formula is C24H25NO7. The van der Waals surface area contributed by atoms with Gasteiger partial charge in [-0.15, -0.1) is 0 Å². The van der Waals surface area contributed by atoms with E-state index in [0.29, 0.717) is 22.6 Å². The van der Waals surface area contributed by atoms with Gasteiger partial charge >= 0.3 is 11.6 Å². The van der Waals surface area contributed by atoms with Crippen molar-refractivity contribution in [3.63, 3.8) is 0 Å². The van der Waals surface area contributed by atoms with Crippen molar-refractivity contribution in [2.24, 2.45) is 0 Å². The Morgan fingerprint density at radius 2 is 1.78 bits per heavy atom. The van der Waals surface area contributed by atoms with E-state index < -0.39 is 24.1 Å². The van der Waals surface area contributed by atoms with Gasteiger partial charge in [0.1, 0.15) is 17.1 Å². The van der Waals surface area contributed by atoms with Gasteiger partial charge in [-0.3, -0.25) is 9.59 Å². The summed E-state index contributed by atoms with van der Waals surface area (Å²) in [5.41, 5.74) is 1.92. The summed E-state index contributed by atoms with van der Waals surface area (Å²) < 4.78 is 20.7. The highest BCUT2D eigenvalue weighted by atomic mass is 16.5. The van der Waals surface area contributed by atoms with Crippen LogP contribution >= 0.6 is 0 Å². The minimum atomic E-state index is -0.574. The van der Waals surface area contributed by atoms with E-state index >= 15 is 0 Å². The van der Waals surface area contributed by atoms with Crippen LogP contribution in [0.4, 0.5) is 0 Å². The average Bonchev–Trinajstić information content (AvgIpc) is 2.80. The van der Waals surface area contributed by atoms with Crippen molar-refractivity contribution >= 4 is 22.8 Å². The molecule has 1 N–H and O–H groups in total. The Hall–Kier alpha value is -3.81. The summed E-state index contributed by atoms with van der Waals surface area (Å²) in [6.07, 6.45) is 0.108. The molecule has 0 bridgehead atoms. The largest absolute Gasteiger partial charge is 0.497 e. The number of nitrogens with one attached hydrogen (secondary N) is 1. The Balaban J connectivity index is 1.51. The van der Waals surface area contributed by atoms with Crippen LogP contribution in [0, 0.1) is 6.92 Å². The highest BCUT2D eigenvalue weighted by molar-refractivity contribution is 5.83. The summed E-state index contributed by atoms with van der Waals surface area (Å²) in [5.74, 6) is 0.281. The topological polar surface area (TPSA) is 104 Å². The van der Waals surface area contributed by atoms with E-state index in [1.807, 2.05) is 18.2 Å². The second-order valence-electron chi connectivity index (χ2n) is 7.14. The van der Waals surface area contributed by atoms with Gasteiger partial charge in [0.05, 0.1) is 14.2 Å². The van der Waals surface area contributed by atoms with E-state index in [-0.39, 0.29) is 19.4 Å². The van der Waals surface area contributed by atoms with Crippen LogP contribution < -0.4 is 20.4 Å². The van der Waals surface area contributed by atoms with Crippen LogP contribution in [0.25, 0.3) is 11.0 Å². The Morgan fingerprint density at radius 3 is 2.53 bits per heavy atom. The lowest BCUT2D eigenvalue weighted by molar-refractivity contribution is -0.148. The van der Waals surface area contributed by atoms with Gasteiger partial charge in [-0.05, 0) is 48.7 Å². The first-order valence-electron chi connectivity index (χ1n) is 10.1. The average molecular weight is 439 g/mol. The molecule has 0 atom stereocenters. The molecule has 0 aliphatic rings. The lowest BCUT2D eigenvalue weighted by Crippen LogP contribution is -2.28. The van der Waals surface area contributed by atoms with Crippen LogP contribution in [0.1, 0.15) is 23.1 Å². The number of hydrogen-bond donors (Lipinski definition) is 1. The maximum Gasteiger partial charge on any atom is 0.339 e. The molecule has 1 amide bonds. The Labute approximate surface area is 185 Å². The summed E-state index contributed by atoms with van der Waals surface area (Å²) in [4.78, 5) is 36.4. The molecule has 1 aromatic heterocycles. The summed E-state index contributed by atoms with van der Waals surface area (Å²) in [6, 6.07) is 12.5. The monoisotopic (exact) mass is 439 g/mol. The number of carbonyl (C=O) groups excluding carboxylic acids is 2. The zero-order valence-electron chi connectivity index (χ0n) is 18.2. The van der Waals surface area contributed by atoms with Crippen molar-refractivity contribution in [3.05, 3.63) is 69.6 Å². The second kappa shape index (κ2) is 10.5. The van der Waals surface area contributed by atoms with E-state index in [0.717, 1.165) is 16.5 Å². The fourth-order valence-corrected chi connectivity index (χ4v) is 3.27. The number of benzene rings is 2. The number of hydrogen-bond acceptors (Lipinski definition) is 7. The number of ether oxygens (including phenoxy) is 3. The summed E-state index contributed by atoms with van der Waals surface area (Å²) in [7, 11) is 3.10. The van der Waals surface area contributed by atoms with E-state index in [9.17, 15) is 14.4 Å². The Morgan fingerprint density at radius 1 is 1.03 bits per heavy atom. The van der Waals surface area contributed by atoms with Crippen molar-refractivity contribution in [3.8, 4) is 11.5 Å². The van der Waals surface area contributed by atoms with Gasteiger partial charge in [0.25, 0.3) is 5.91 Å². The summed E-state index contributed by atoms with van der Waals surface area (Å²) in [5, 5.41) is 3.45. The number of fused-ring (bicyclic) bond motifs is 1. The number of aryl methyl sites for hydroxylation is 1. The van der Waals surface area contributed by atoms with Gasteiger partial charge in [0.15, 0.2) is 6.61 Å². The Bertz CT molecular complexity index is 1180. The van der Waals surface area contributed by atoms with Gasteiger partial charge in [-0.25, -0.2) is 4.79 Å². The molecule has 3 aromatic rings. The van der Waals surface area contributed by atoms with Gasteiger partial charge in [-0.1, -0.05) is 12.1 Å². The normalized spacial score (nSPS) is 10.6. The molecule has 2 aromatic carbocycles. The fraction of sp³-hybridized carbons (Fsp3) is 0.292. The molecule has 0 aliphatic heterocycles. The lowest BCUT2D eigenvalue weighted by atomic mass is 10.0. The zero-order chi connectivity index (χ0) is 23.1. The Kier molecular flexibility index (Phi) is 7.49. The number of carbonyl (C=O) groups is 2. The SMILES string of the molecule is COc1cccc(CNC(=O)COC(=O)CCc2c(C)c3ccc(OC)cc3oc2=O)c1. The summed E-state index contributed by atoms with van der Waals surface area (Å²) >= 11 is 0. The van der Waals surface area contributed by atoms with Crippen LogP contribution in [-0.4, -0.2) is 32.7 Å². The molecule has 1 heterocycles. The second-order valence-corrected chi connectivity index (χ2v) is 7.14. The molecule has 0 saturated heterocycles. The molecule has 0 radical (unpaired) electrons. The minimum absolute atomic E-state index is 0.0452. The van der Waals surface area contributed by atoms with Crippen LogP contribution in [0.2, 0.25) is 0 Å². The minimum Gasteiger partial charge on any atom is -0.497 e. The first-order valence-corrected chi connectivity index (χ1v) is 10.1. The third-order valence-corrected chi connectivity index (χ3v) is 5.06. The maximum atomic E-state index is 12.4. The maximum absolute atomic E-state index is 12.4. The van der Waals surface area contributed by atoms with E-state index in [2.05, 4.69) is 5.32 Å². The van der Waals surface area contributed by atoms with Gasteiger partial charge in [-0.2, -0.15) is 0 Å². The number of amides is 1. The number of methoxy groups -OCH3 is 2. The highest BCUT2D eigenvalue weighted by Crippen LogP contribution is 2.24. The van der Waals surface area contributed by atoms with Crippen molar-refractivity contribution in [1.82, 2.24) is 5.32 Å². The van der Waals surface area contributed by atoms with Crippen LogP contribution in [0.3, 0.4) is 0 Å². The van der Waals surface area contributed by atoms with Crippen LogP contribution in [-0.2, 0) is 27.3 Å². The van der Waals surface area contributed by atoms with Crippen LogP contribution in [0.5, 0.6) is 11.5 Å². The molecule has 0 aliphatic carbocycles. The first kappa shape index (κ1) is 22.9. The standard InChI is InChI=1S/C24H25NO7/c1-15-19-8-7-18(30-3)12-21(19)32-24(28)20(15)9-10-23(27)31-14-22(26)25-13-16-5-4-6-17(11-16)29-2/h4-8,11-12H,9-10,13-14H2,1-3H3,(H,25,26). The predicted octanol–water partition coefficient (Wildman–Crippen LogP) is 2.91. The lowest BCUT2D eigenvalue weighted by Gasteiger charge is -2.09.